The number of ether oxygens (including phenoxy) is 1. The molecule has 2 aromatic carbocycles. The summed E-state index contributed by atoms with van der Waals surface area (Å²) in [6.45, 7) is 5.16. The quantitative estimate of drug-likeness (QED) is 0.552. The number of likely N-dealkylation sites (tertiary alicyclic amines) is 1. The molecule has 0 saturated carbocycles. The van der Waals surface area contributed by atoms with E-state index in [2.05, 4.69) is 50.5 Å². The molecule has 1 aliphatic rings. The van der Waals surface area contributed by atoms with Gasteiger partial charge in [-0.3, -0.25) is 4.79 Å². The van der Waals surface area contributed by atoms with Gasteiger partial charge in [0.1, 0.15) is 11.6 Å². The highest BCUT2D eigenvalue weighted by molar-refractivity contribution is 6.04. The summed E-state index contributed by atoms with van der Waals surface area (Å²) in [5, 5.41) is 2.96. The van der Waals surface area contributed by atoms with Gasteiger partial charge < -0.3 is 15.0 Å². The van der Waals surface area contributed by atoms with Gasteiger partial charge in [-0.05, 0) is 81.4 Å². The molecule has 1 aliphatic heterocycles. The fraction of sp³-hybridized carbons (Fsp3) is 0.370. The number of aromatic nitrogens is 2. The van der Waals surface area contributed by atoms with Crippen LogP contribution in [-0.2, 0) is 12.8 Å². The third-order valence-corrected chi connectivity index (χ3v) is 6.33. The molecule has 1 saturated heterocycles. The Balaban J connectivity index is 1.34. The number of carbonyl (C=O) groups excluding carboxylic acids is 1. The van der Waals surface area contributed by atoms with E-state index in [1.807, 2.05) is 31.2 Å². The maximum atomic E-state index is 13.0. The Morgan fingerprint density at radius 1 is 1.09 bits per heavy atom. The van der Waals surface area contributed by atoms with Crippen molar-refractivity contribution in [3.05, 3.63) is 83.4 Å². The van der Waals surface area contributed by atoms with Crippen LogP contribution >= 0.6 is 0 Å². The standard InChI is InChI=1S/C27H32N4O2/c1-20-28-19-25(27(32)30-23-8-10-24(33-2)11-9-23)26(29-20)18-22-13-16-31(17-14-22)15-12-21-6-4-3-5-7-21/h3-11,19,22H,12-18H2,1-2H3,(H,30,32). The lowest BCUT2D eigenvalue weighted by Gasteiger charge is -2.32. The SMILES string of the molecule is COc1ccc(NC(=O)c2cnc(C)nc2CC2CCN(CCc3ccccc3)CC2)cc1. The molecule has 2 heterocycles. The van der Waals surface area contributed by atoms with Crippen molar-refractivity contribution in [2.45, 2.75) is 32.6 Å². The van der Waals surface area contributed by atoms with Crippen molar-refractivity contribution in [1.29, 1.82) is 0 Å². The van der Waals surface area contributed by atoms with Crippen LogP contribution in [0.15, 0.2) is 60.8 Å². The van der Waals surface area contributed by atoms with Crippen molar-refractivity contribution in [2.75, 3.05) is 32.1 Å². The lowest BCUT2D eigenvalue weighted by molar-refractivity contribution is 0.102. The first-order valence-corrected chi connectivity index (χ1v) is 11.6. The normalized spacial score (nSPS) is 14.7. The molecular weight excluding hydrogens is 412 g/mol. The molecule has 3 aromatic rings. The topological polar surface area (TPSA) is 67.3 Å². The minimum atomic E-state index is -0.171. The molecule has 33 heavy (non-hydrogen) atoms. The number of methoxy groups -OCH3 is 1. The van der Waals surface area contributed by atoms with Crippen LogP contribution in [-0.4, -0.2) is 47.5 Å². The van der Waals surface area contributed by atoms with Gasteiger partial charge >= 0.3 is 0 Å². The van der Waals surface area contributed by atoms with Crippen molar-refractivity contribution in [3.63, 3.8) is 0 Å². The number of amides is 1. The molecule has 6 nitrogen and oxygen atoms in total. The number of piperidine rings is 1. The Morgan fingerprint density at radius 3 is 2.52 bits per heavy atom. The lowest BCUT2D eigenvalue weighted by atomic mass is 9.90. The van der Waals surface area contributed by atoms with Gasteiger partial charge in [-0.15, -0.1) is 0 Å². The summed E-state index contributed by atoms with van der Waals surface area (Å²) in [4.78, 5) is 24.5. The van der Waals surface area contributed by atoms with Crippen molar-refractivity contribution in [2.24, 2.45) is 5.92 Å². The summed E-state index contributed by atoms with van der Waals surface area (Å²) < 4.78 is 5.18. The second kappa shape index (κ2) is 11.1. The Labute approximate surface area is 196 Å². The van der Waals surface area contributed by atoms with Gasteiger partial charge in [-0.25, -0.2) is 9.97 Å². The summed E-state index contributed by atoms with van der Waals surface area (Å²) in [6.07, 6.45) is 5.80. The fourth-order valence-corrected chi connectivity index (χ4v) is 4.35. The third kappa shape index (κ3) is 6.39. The van der Waals surface area contributed by atoms with Crippen LogP contribution in [0.5, 0.6) is 5.75 Å². The monoisotopic (exact) mass is 444 g/mol. The molecule has 4 rings (SSSR count). The van der Waals surface area contributed by atoms with E-state index >= 15 is 0 Å². The Morgan fingerprint density at radius 2 is 1.82 bits per heavy atom. The summed E-state index contributed by atoms with van der Waals surface area (Å²) in [5.41, 5.74) is 3.52. The molecule has 0 aliphatic carbocycles. The Hall–Kier alpha value is -3.25. The first kappa shape index (κ1) is 22.9. The highest BCUT2D eigenvalue weighted by atomic mass is 16.5. The molecule has 0 unspecified atom stereocenters. The third-order valence-electron chi connectivity index (χ3n) is 6.33. The Kier molecular flexibility index (Phi) is 7.68. The van der Waals surface area contributed by atoms with Crippen LogP contribution in [0.4, 0.5) is 5.69 Å². The van der Waals surface area contributed by atoms with E-state index in [0.717, 1.165) is 62.4 Å². The molecular formula is C27H32N4O2. The van der Waals surface area contributed by atoms with E-state index in [9.17, 15) is 4.79 Å². The van der Waals surface area contributed by atoms with Gasteiger partial charge in [0.05, 0.1) is 18.4 Å². The zero-order valence-electron chi connectivity index (χ0n) is 19.5. The van der Waals surface area contributed by atoms with Gasteiger partial charge in [-0.2, -0.15) is 0 Å². The first-order chi connectivity index (χ1) is 16.1. The fourth-order valence-electron chi connectivity index (χ4n) is 4.35. The predicted octanol–water partition coefficient (Wildman–Crippen LogP) is 4.54. The molecule has 1 fully saturated rings. The van der Waals surface area contributed by atoms with Gasteiger partial charge in [0.2, 0.25) is 0 Å². The van der Waals surface area contributed by atoms with E-state index < -0.39 is 0 Å². The van der Waals surface area contributed by atoms with E-state index in [1.54, 1.807) is 13.3 Å². The number of hydrogen-bond acceptors (Lipinski definition) is 5. The van der Waals surface area contributed by atoms with Gasteiger partial charge in [0, 0.05) is 18.4 Å². The van der Waals surface area contributed by atoms with Gasteiger partial charge in [0.25, 0.3) is 5.91 Å². The van der Waals surface area contributed by atoms with Crippen LogP contribution in [0.3, 0.4) is 0 Å². The molecule has 0 atom stereocenters. The number of nitrogens with zero attached hydrogens (tertiary/aromatic N) is 3. The molecule has 1 aromatic heterocycles. The van der Waals surface area contributed by atoms with Crippen LogP contribution < -0.4 is 10.1 Å². The zero-order valence-corrected chi connectivity index (χ0v) is 19.5. The second-order valence-corrected chi connectivity index (χ2v) is 8.68. The summed E-state index contributed by atoms with van der Waals surface area (Å²) >= 11 is 0. The maximum Gasteiger partial charge on any atom is 0.259 e. The molecule has 172 valence electrons. The van der Waals surface area contributed by atoms with E-state index in [1.165, 1.54) is 5.56 Å². The van der Waals surface area contributed by atoms with E-state index in [4.69, 9.17) is 4.74 Å². The maximum absolute atomic E-state index is 13.0. The molecule has 0 bridgehead atoms. The van der Waals surface area contributed by atoms with Crippen molar-refractivity contribution in [3.8, 4) is 5.75 Å². The first-order valence-electron chi connectivity index (χ1n) is 11.6. The number of benzene rings is 2. The average Bonchev–Trinajstić information content (AvgIpc) is 2.85. The summed E-state index contributed by atoms with van der Waals surface area (Å²) in [5.74, 6) is 1.81. The van der Waals surface area contributed by atoms with Crippen molar-refractivity contribution >= 4 is 11.6 Å². The minimum absolute atomic E-state index is 0.171. The van der Waals surface area contributed by atoms with E-state index in [-0.39, 0.29) is 5.91 Å². The smallest absolute Gasteiger partial charge is 0.259 e. The highest BCUT2D eigenvalue weighted by Gasteiger charge is 2.23. The zero-order chi connectivity index (χ0) is 23.0. The Bertz CT molecular complexity index is 1050. The molecule has 6 heteroatoms. The number of aryl methyl sites for hydroxylation is 1. The number of rotatable bonds is 8. The van der Waals surface area contributed by atoms with Crippen molar-refractivity contribution in [1.82, 2.24) is 14.9 Å². The van der Waals surface area contributed by atoms with Gasteiger partial charge in [0.15, 0.2) is 0 Å². The largest absolute Gasteiger partial charge is 0.497 e. The second-order valence-electron chi connectivity index (χ2n) is 8.68. The number of carbonyl (C=O) groups is 1. The predicted molar refractivity (Wildman–Crippen MR) is 131 cm³/mol. The lowest BCUT2D eigenvalue weighted by Crippen LogP contribution is -2.36. The molecule has 0 radical (unpaired) electrons. The summed E-state index contributed by atoms with van der Waals surface area (Å²) in [7, 11) is 1.62. The average molecular weight is 445 g/mol. The number of nitrogens with one attached hydrogen (secondary N) is 1. The van der Waals surface area contributed by atoms with Crippen molar-refractivity contribution < 1.29 is 9.53 Å². The molecule has 1 N–H and O–H groups in total. The number of hydrogen-bond donors (Lipinski definition) is 1. The van der Waals surface area contributed by atoms with Crippen LogP contribution in [0.2, 0.25) is 0 Å². The molecule has 1 amide bonds. The van der Waals surface area contributed by atoms with Crippen LogP contribution in [0.1, 0.15) is 40.3 Å². The highest BCUT2D eigenvalue weighted by Crippen LogP contribution is 2.24. The van der Waals surface area contributed by atoms with E-state index in [0.29, 0.717) is 17.3 Å². The van der Waals surface area contributed by atoms with Gasteiger partial charge in [-0.1, -0.05) is 30.3 Å². The minimum Gasteiger partial charge on any atom is -0.497 e. The summed E-state index contributed by atoms with van der Waals surface area (Å²) in [6, 6.07) is 18.0. The molecule has 0 spiro atoms. The van der Waals surface area contributed by atoms with Crippen LogP contribution in [0, 0.1) is 12.8 Å². The number of anilines is 1. The van der Waals surface area contributed by atoms with Crippen LogP contribution in [0.25, 0.3) is 0 Å².